The summed E-state index contributed by atoms with van der Waals surface area (Å²) in [5.41, 5.74) is 2.19. The lowest BCUT2D eigenvalue weighted by atomic mass is 10.2. The van der Waals surface area contributed by atoms with Crippen molar-refractivity contribution in [2.45, 2.75) is 20.8 Å². The van der Waals surface area contributed by atoms with Crippen molar-refractivity contribution in [3.63, 3.8) is 0 Å². The van der Waals surface area contributed by atoms with E-state index in [2.05, 4.69) is 4.98 Å². The van der Waals surface area contributed by atoms with Gasteiger partial charge in [-0.25, -0.2) is 4.79 Å². The smallest absolute Gasteiger partial charge is 0.355 e. The molecular formula is C9H12ClNO2. The van der Waals surface area contributed by atoms with Crippen LogP contribution in [-0.4, -0.2) is 17.6 Å². The quantitative estimate of drug-likeness (QED) is 0.747. The molecular weight excluding hydrogens is 190 g/mol. The van der Waals surface area contributed by atoms with Gasteiger partial charge in [-0.2, -0.15) is 0 Å². The van der Waals surface area contributed by atoms with Gasteiger partial charge in [0, 0.05) is 0 Å². The second-order valence-electron chi connectivity index (χ2n) is 2.78. The Labute approximate surface area is 82.0 Å². The first kappa shape index (κ1) is 10.1. The van der Waals surface area contributed by atoms with E-state index in [1.54, 1.807) is 6.92 Å². The number of halogens is 1. The molecule has 1 aromatic heterocycles. The first-order chi connectivity index (χ1) is 6.07. The Morgan fingerprint density at radius 1 is 1.46 bits per heavy atom. The second kappa shape index (κ2) is 3.83. The number of carbonyl (C=O) groups is 1. The largest absolute Gasteiger partial charge is 0.461 e. The molecule has 0 spiro atoms. The minimum atomic E-state index is -0.352. The Balaban J connectivity index is 3.01. The minimum Gasteiger partial charge on any atom is -0.461 e. The van der Waals surface area contributed by atoms with Crippen LogP contribution in [-0.2, 0) is 4.74 Å². The number of hydrogen-bond donors (Lipinski definition) is 1. The topological polar surface area (TPSA) is 42.1 Å². The van der Waals surface area contributed by atoms with E-state index in [4.69, 9.17) is 16.3 Å². The van der Waals surface area contributed by atoms with Gasteiger partial charge in [0.2, 0.25) is 0 Å². The van der Waals surface area contributed by atoms with Gasteiger partial charge in [-0.05, 0) is 31.9 Å². The van der Waals surface area contributed by atoms with E-state index in [0.717, 1.165) is 11.1 Å². The molecule has 1 aromatic rings. The predicted molar refractivity (Wildman–Crippen MR) is 51.2 cm³/mol. The fourth-order valence-corrected chi connectivity index (χ4v) is 1.29. The van der Waals surface area contributed by atoms with E-state index in [1.807, 2.05) is 13.8 Å². The van der Waals surface area contributed by atoms with Gasteiger partial charge < -0.3 is 9.72 Å². The highest BCUT2D eigenvalue weighted by molar-refractivity contribution is 6.30. The summed E-state index contributed by atoms with van der Waals surface area (Å²) in [7, 11) is 0. The van der Waals surface area contributed by atoms with Gasteiger partial charge in [0.25, 0.3) is 0 Å². The normalized spacial score (nSPS) is 10.2. The number of hydrogen-bond acceptors (Lipinski definition) is 2. The lowest BCUT2D eigenvalue weighted by molar-refractivity contribution is 0.0519. The van der Waals surface area contributed by atoms with Crippen molar-refractivity contribution >= 4 is 17.6 Å². The highest BCUT2D eigenvalue weighted by Crippen LogP contribution is 2.21. The van der Waals surface area contributed by atoms with Gasteiger partial charge in [-0.15, -0.1) is 0 Å². The zero-order valence-corrected chi connectivity index (χ0v) is 8.66. The summed E-state index contributed by atoms with van der Waals surface area (Å²) in [6, 6.07) is 0. The van der Waals surface area contributed by atoms with Crippen molar-refractivity contribution in [2.75, 3.05) is 6.61 Å². The third-order valence-electron chi connectivity index (χ3n) is 1.98. The molecule has 0 saturated heterocycles. The van der Waals surface area contributed by atoms with Crippen LogP contribution in [0.1, 0.15) is 28.5 Å². The van der Waals surface area contributed by atoms with Gasteiger partial charge in [0.1, 0.15) is 10.8 Å². The van der Waals surface area contributed by atoms with E-state index in [1.165, 1.54) is 0 Å². The van der Waals surface area contributed by atoms with E-state index in [0.29, 0.717) is 17.5 Å². The molecule has 0 bridgehead atoms. The zero-order valence-electron chi connectivity index (χ0n) is 7.90. The number of esters is 1. The van der Waals surface area contributed by atoms with Crippen molar-refractivity contribution in [3.8, 4) is 0 Å². The van der Waals surface area contributed by atoms with Gasteiger partial charge in [-0.1, -0.05) is 11.6 Å². The highest BCUT2D eigenvalue weighted by Gasteiger charge is 2.16. The number of nitrogens with one attached hydrogen (secondary N) is 1. The molecule has 4 heteroatoms. The standard InChI is InChI=1S/C9H12ClNO2/c1-4-13-9(12)7-5(2)6(3)8(10)11-7/h11H,4H2,1-3H3. The third kappa shape index (κ3) is 1.86. The molecule has 1 N–H and O–H groups in total. The zero-order chi connectivity index (χ0) is 10.0. The molecule has 0 amide bonds. The molecule has 0 fully saturated rings. The third-order valence-corrected chi connectivity index (χ3v) is 2.36. The maximum absolute atomic E-state index is 11.3. The number of aromatic amines is 1. The Morgan fingerprint density at radius 2 is 2.08 bits per heavy atom. The molecule has 0 aromatic carbocycles. The van der Waals surface area contributed by atoms with Gasteiger partial charge in [0.15, 0.2) is 0 Å². The molecule has 1 rings (SSSR count). The average Bonchev–Trinajstić information content (AvgIpc) is 2.33. The lowest BCUT2D eigenvalue weighted by Crippen LogP contribution is -2.06. The van der Waals surface area contributed by atoms with Crippen molar-refractivity contribution < 1.29 is 9.53 Å². The average molecular weight is 202 g/mol. The first-order valence-corrected chi connectivity index (χ1v) is 4.47. The molecule has 1 heterocycles. The Kier molecular flexibility index (Phi) is 2.98. The Morgan fingerprint density at radius 3 is 2.46 bits per heavy atom. The summed E-state index contributed by atoms with van der Waals surface area (Å²) >= 11 is 5.82. The van der Waals surface area contributed by atoms with Crippen LogP contribution < -0.4 is 0 Å². The summed E-state index contributed by atoms with van der Waals surface area (Å²) < 4.78 is 4.85. The summed E-state index contributed by atoms with van der Waals surface area (Å²) in [6.07, 6.45) is 0. The van der Waals surface area contributed by atoms with Crippen LogP contribution in [0.15, 0.2) is 0 Å². The monoisotopic (exact) mass is 201 g/mol. The molecule has 3 nitrogen and oxygen atoms in total. The molecule has 0 atom stereocenters. The second-order valence-corrected chi connectivity index (χ2v) is 3.16. The van der Waals surface area contributed by atoms with E-state index in [9.17, 15) is 4.79 Å². The van der Waals surface area contributed by atoms with E-state index < -0.39 is 0 Å². The van der Waals surface area contributed by atoms with Crippen LogP contribution in [0, 0.1) is 13.8 Å². The summed E-state index contributed by atoms with van der Waals surface area (Å²) in [5, 5.41) is 0.501. The van der Waals surface area contributed by atoms with Gasteiger partial charge >= 0.3 is 5.97 Å². The Hall–Kier alpha value is -0.960. The van der Waals surface area contributed by atoms with Crippen LogP contribution in [0.3, 0.4) is 0 Å². The van der Waals surface area contributed by atoms with Crippen molar-refractivity contribution in [1.29, 1.82) is 0 Å². The van der Waals surface area contributed by atoms with Gasteiger partial charge in [0.05, 0.1) is 6.61 Å². The first-order valence-electron chi connectivity index (χ1n) is 4.09. The van der Waals surface area contributed by atoms with Crippen LogP contribution in [0.25, 0.3) is 0 Å². The van der Waals surface area contributed by atoms with Gasteiger partial charge in [-0.3, -0.25) is 0 Å². The van der Waals surface area contributed by atoms with Crippen LogP contribution in [0.5, 0.6) is 0 Å². The SMILES string of the molecule is CCOC(=O)c1[nH]c(Cl)c(C)c1C. The molecule has 0 aliphatic heterocycles. The molecule has 0 aliphatic rings. The van der Waals surface area contributed by atoms with E-state index >= 15 is 0 Å². The number of rotatable bonds is 2. The fourth-order valence-electron chi connectivity index (χ4n) is 1.06. The molecule has 72 valence electrons. The minimum absolute atomic E-state index is 0.352. The molecule has 13 heavy (non-hydrogen) atoms. The number of ether oxygens (including phenoxy) is 1. The van der Waals surface area contributed by atoms with Crippen molar-refractivity contribution in [1.82, 2.24) is 4.98 Å². The van der Waals surface area contributed by atoms with Crippen LogP contribution in [0.4, 0.5) is 0 Å². The molecule has 0 unspecified atom stereocenters. The van der Waals surface area contributed by atoms with Crippen molar-refractivity contribution in [2.24, 2.45) is 0 Å². The highest BCUT2D eigenvalue weighted by atomic mass is 35.5. The van der Waals surface area contributed by atoms with Crippen LogP contribution >= 0.6 is 11.6 Å². The molecule has 0 aliphatic carbocycles. The summed E-state index contributed by atoms with van der Waals surface area (Å²) in [5.74, 6) is -0.352. The maximum Gasteiger partial charge on any atom is 0.355 e. The predicted octanol–water partition coefficient (Wildman–Crippen LogP) is 2.46. The summed E-state index contributed by atoms with van der Waals surface area (Å²) in [6.45, 7) is 5.83. The number of aromatic nitrogens is 1. The maximum atomic E-state index is 11.3. The molecule has 0 radical (unpaired) electrons. The number of H-pyrrole nitrogens is 1. The molecule has 0 saturated carbocycles. The fraction of sp³-hybridized carbons (Fsp3) is 0.444. The van der Waals surface area contributed by atoms with E-state index in [-0.39, 0.29) is 5.97 Å². The Bertz CT molecular complexity index is 331. The number of carbonyl (C=O) groups excluding carboxylic acids is 1. The van der Waals surface area contributed by atoms with Crippen molar-refractivity contribution in [3.05, 3.63) is 22.0 Å². The summed E-state index contributed by atoms with van der Waals surface area (Å²) in [4.78, 5) is 14.1. The van der Waals surface area contributed by atoms with Crippen LogP contribution in [0.2, 0.25) is 5.15 Å². The lowest BCUT2D eigenvalue weighted by Gasteiger charge is -1.99.